The molecule has 2 aliphatic heterocycles. The SMILES string of the molecule is COc1cc(Cc2cnc3cc(N4CC(OC)C4)cnn23)cc2c1OC(c1ccc(C)nc1)CO2. The van der Waals surface area contributed by atoms with Crippen LogP contribution in [0.1, 0.15) is 28.6 Å². The monoisotopic (exact) mass is 473 g/mol. The maximum atomic E-state index is 6.27. The van der Waals surface area contributed by atoms with Gasteiger partial charge in [0.2, 0.25) is 5.75 Å². The standard InChI is InChI=1S/C26H27N5O4/c1-16-4-5-18(10-27-16)24-15-34-23-8-17(7-22(33-3)26(23)35-24)6-20-11-28-25-9-19(12-29-31(20)25)30-13-21(14-30)32-2/h4-5,7-12,21,24H,6,13-15H2,1-3H3. The predicted molar refractivity (Wildman–Crippen MR) is 130 cm³/mol. The van der Waals surface area contributed by atoms with E-state index in [1.165, 1.54) is 0 Å². The van der Waals surface area contributed by atoms with Crippen LogP contribution in [0.3, 0.4) is 0 Å². The summed E-state index contributed by atoms with van der Waals surface area (Å²) >= 11 is 0. The lowest BCUT2D eigenvalue weighted by atomic mass is 10.1. The van der Waals surface area contributed by atoms with Crippen molar-refractivity contribution in [3.05, 3.63) is 71.4 Å². The average Bonchev–Trinajstić information content (AvgIpc) is 3.25. The molecule has 0 N–H and O–H groups in total. The number of imidazole rings is 1. The van der Waals surface area contributed by atoms with E-state index in [4.69, 9.17) is 18.9 Å². The minimum atomic E-state index is -0.238. The molecule has 0 saturated carbocycles. The van der Waals surface area contributed by atoms with E-state index in [0.717, 1.165) is 46.9 Å². The first-order valence-corrected chi connectivity index (χ1v) is 11.6. The van der Waals surface area contributed by atoms with E-state index in [0.29, 0.717) is 30.3 Å². The number of hydrogen-bond acceptors (Lipinski definition) is 8. The summed E-state index contributed by atoms with van der Waals surface area (Å²) in [5, 5.41) is 4.65. The molecule has 6 rings (SSSR count). The Morgan fingerprint density at radius 2 is 1.94 bits per heavy atom. The number of hydrogen-bond donors (Lipinski definition) is 0. The summed E-state index contributed by atoms with van der Waals surface area (Å²) in [5.74, 6) is 1.92. The van der Waals surface area contributed by atoms with Crippen LogP contribution in [0.15, 0.2) is 48.9 Å². The first-order valence-electron chi connectivity index (χ1n) is 11.6. The molecule has 9 nitrogen and oxygen atoms in total. The number of pyridine rings is 1. The lowest BCUT2D eigenvalue weighted by molar-refractivity contribution is 0.0787. The molecule has 5 heterocycles. The summed E-state index contributed by atoms with van der Waals surface area (Å²) in [7, 11) is 3.39. The number of benzene rings is 1. The third kappa shape index (κ3) is 4.01. The second-order valence-corrected chi connectivity index (χ2v) is 8.95. The van der Waals surface area contributed by atoms with Gasteiger partial charge in [-0.15, -0.1) is 0 Å². The van der Waals surface area contributed by atoms with Gasteiger partial charge in [-0.2, -0.15) is 5.10 Å². The lowest BCUT2D eigenvalue weighted by Gasteiger charge is -2.39. The van der Waals surface area contributed by atoms with Crippen molar-refractivity contribution in [2.45, 2.75) is 25.6 Å². The van der Waals surface area contributed by atoms with Crippen molar-refractivity contribution in [1.82, 2.24) is 19.6 Å². The summed E-state index contributed by atoms with van der Waals surface area (Å²) < 4.78 is 25.3. The number of rotatable bonds is 6. The quantitative estimate of drug-likeness (QED) is 0.422. The smallest absolute Gasteiger partial charge is 0.204 e. The van der Waals surface area contributed by atoms with Gasteiger partial charge in [-0.05, 0) is 30.7 Å². The molecule has 0 radical (unpaired) electrons. The number of nitrogens with zero attached hydrogens (tertiary/aromatic N) is 5. The third-order valence-electron chi connectivity index (χ3n) is 6.61. The molecule has 180 valence electrons. The van der Waals surface area contributed by atoms with Crippen molar-refractivity contribution < 1.29 is 18.9 Å². The van der Waals surface area contributed by atoms with Gasteiger partial charge in [-0.1, -0.05) is 6.07 Å². The fourth-order valence-corrected chi connectivity index (χ4v) is 4.50. The average molecular weight is 474 g/mol. The number of ether oxygens (including phenoxy) is 4. The highest BCUT2D eigenvalue weighted by Gasteiger charge is 2.28. The molecule has 3 aromatic heterocycles. The van der Waals surface area contributed by atoms with Gasteiger partial charge >= 0.3 is 0 Å². The number of methoxy groups -OCH3 is 2. The maximum absolute atomic E-state index is 6.27. The van der Waals surface area contributed by atoms with Gasteiger partial charge in [-0.3, -0.25) is 4.98 Å². The van der Waals surface area contributed by atoms with Crippen LogP contribution in [0, 0.1) is 6.92 Å². The summed E-state index contributed by atoms with van der Waals surface area (Å²) in [6.45, 7) is 4.12. The van der Waals surface area contributed by atoms with Crippen molar-refractivity contribution in [1.29, 1.82) is 0 Å². The molecule has 2 aliphatic rings. The van der Waals surface area contributed by atoms with Crippen molar-refractivity contribution in [3.63, 3.8) is 0 Å². The van der Waals surface area contributed by atoms with Gasteiger partial charge < -0.3 is 23.8 Å². The van der Waals surface area contributed by atoms with Crippen molar-refractivity contribution in [2.75, 3.05) is 38.8 Å². The van der Waals surface area contributed by atoms with Gasteiger partial charge in [0.1, 0.15) is 6.61 Å². The van der Waals surface area contributed by atoms with E-state index in [2.05, 4.69) is 26.0 Å². The highest BCUT2D eigenvalue weighted by Crippen LogP contribution is 2.44. The topological polar surface area (TPSA) is 83.2 Å². The molecular formula is C26H27N5O4. The van der Waals surface area contributed by atoms with Gasteiger partial charge in [0.05, 0.1) is 37.0 Å². The molecule has 1 fully saturated rings. The minimum absolute atomic E-state index is 0.238. The molecule has 0 bridgehead atoms. The zero-order valence-corrected chi connectivity index (χ0v) is 20.0. The Kier molecular flexibility index (Phi) is 5.41. The van der Waals surface area contributed by atoms with Gasteiger partial charge in [0.25, 0.3) is 0 Å². The van der Waals surface area contributed by atoms with Crippen molar-refractivity contribution in [3.8, 4) is 17.2 Å². The third-order valence-corrected chi connectivity index (χ3v) is 6.61. The molecule has 1 atom stereocenters. The summed E-state index contributed by atoms with van der Waals surface area (Å²) in [5.41, 5.74) is 5.82. The van der Waals surface area contributed by atoms with E-state index in [9.17, 15) is 0 Å². The van der Waals surface area contributed by atoms with Crippen LogP contribution in [0.2, 0.25) is 0 Å². The van der Waals surface area contributed by atoms with Crippen molar-refractivity contribution >= 4 is 11.3 Å². The van der Waals surface area contributed by atoms with Gasteiger partial charge in [0, 0.05) is 50.1 Å². The zero-order chi connectivity index (χ0) is 23.9. The second kappa shape index (κ2) is 8.74. The van der Waals surface area contributed by atoms with Crippen molar-refractivity contribution in [2.24, 2.45) is 0 Å². The molecule has 1 saturated heterocycles. The molecule has 35 heavy (non-hydrogen) atoms. The minimum Gasteiger partial charge on any atom is -0.493 e. The maximum Gasteiger partial charge on any atom is 0.204 e. The Labute approximate surface area is 203 Å². The fraction of sp³-hybridized carbons (Fsp3) is 0.346. The predicted octanol–water partition coefficient (Wildman–Crippen LogP) is 3.38. The molecular weight excluding hydrogens is 446 g/mol. The van der Waals surface area contributed by atoms with Crippen LogP contribution in [0.5, 0.6) is 17.2 Å². The molecule has 0 spiro atoms. The Morgan fingerprint density at radius 3 is 2.71 bits per heavy atom. The van der Waals surface area contributed by atoms with E-state index >= 15 is 0 Å². The van der Waals surface area contributed by atoms with E-state index in [1.807, 2.05) is 54.3 Å². The van der Waals surface area contributed by atoms with Crippen LogP contribution in [0.4, 0.5) is 5.69 Å². The highest BCUT2D eigenvalue weighted by atomic mass is 16.6. The number of aryl methyl sites for hydroxylation is 1. The Bertz CT molecular complexity index is 1350. The second-order valence-electron chi connectivity index (χ2n) is 8.95. The highest BCUT2D eigenvalue weighted by molar-refractivity contribution is 5.58. The summed E-state index contributed by atoms with van der Waals surface area (Å²) in [6.07, 6.45) is 6.25. The number of fused-ring (bicyclic) bond motifs is 2. The van der Waals surface area contributed by atoms with Crippen LogP contribution in [-0.2, 0) is 11.2 Å². The Hall–Kier alpha value is -3.85. The van der Waals surface area contributed by atoms with Crippen LogP contribution in [0.25, 0.3) is 5.65 Å². The molecule has 0 aliphatic carbocycles. The Morgan fingerprint density at radius 1 is 1.06 bits per heavy atom. The first-order chi connectivity index (χ1) is 17.1. The molecule has 0 amide bonds. The molecule has 1 unspecified atom stereocenters. The lowest BCUT2D eigenvalue weighted by Crippen LogP contribution is -2.51. The van der Waals surface area contributed by atoms with E-state index in [-0.39, 0.29) is 12.2 Å². The van der Waals surface area contributed by atoms with E-state index in [1.54, 1.807) is 14.2 Å². The van der Waals surface area contributed by atoms with Gasteiger partial charge in [-0.25, -0.2) is 9.50 Å². The summed E-state index contributed by atoms with van der Waals surface area (Å²) in [6, 6.07) is 10.0. The largest absolute Gasteiger partial charge is 0.493 e. The molecule has 9 heteroatoms. The van der Waals surface area contributed by atoms with E-state index < -0.39 is 0 Å². The molecule has 4 aromatic rings. The fourth-order valence-electron chi connectivity index (χ4n) is 4.50. The van der Waals surface area contributed by atoms with Gasteiger partial charge in [0.15, 0.2) is 23.3 Å². The summed E-state index contributed by atoms with van der Waals surface area (Å²) in [4.78, 5) is 11.2. The number of aromatic nitrogens is 4. The number of anilines is 1. The van der Waals surface area contributed by atoms with Crippen LogP contribution in [-0.4, -0.2) is 59.6 Å². The normalized spacial score (nSPS) is 17.5. The first kappa shape index (κ1) is 21.7. The van der Waals surface area contributed by atoms with Crippen LogP contribution >= 0.6 is 0 Å². The molecule has 1 aromatic carbocycles. The zero-order valence-electron chi connectivity index (χ0n) is 20.0. The van der Waals surface area contributed by atoms with Crippen LogP contribution < -0.4 is 19.1 Å². The Balaban J connectivity index is 1.23.